The number of benzene rings is 1. The minimum atomic E-state index is -0.685. The summed E-state index contributed by atoms with van der Waals surface area (Å²) in [6, 6.07) is 15.3. The Balaban J connectivity index is 1.38. The van der Waals surface area contributed by atoms with Crippen LogP contribution in [-0.2, 0) is 5.88 Å². The maximum Gasteiger partial charge on any atom is 0.219 e. The first kappa shape index (κ1) is 20.1. The lowest BCUT2D eigenvalue weighted by atomic mass is 10.1. The number of ether oxygens (including phenoxy) is 1. The molecule has 4 N–H and O–H groups in total. The second-order valence-electron chi connectivity index (χ2n) is 6.97. The number of pyridine rings is 1. The van der Waals surface area contributed by atoms with Gasteiger partial charge in [-0.1, -0.05) is 0 Å². The van der Waals surface area contributed by atoms with Crippen LogP contribution in [0, 0.1) is 0 Å². The van der Waals surface area contributed by atoms with Gasteiger partial charge in [-0.15, -0.1) is 11.8 Å². The van der Waals surface area contributed by atoms with Crippen LogP contribution in [0.4, 0.5) is 0 Å². The molecule has 0 spiro atoms. The van der Waals surface area contributed by atoms with E-state index in [-0.39, 0.29) is 6.61 Å². The highest BCUT2D eigenvalue weighted by Crippen LogP contribution is 2.26. The van der Waals surface area contributed by atoms with E-state index in [0.29, 0.717) is 17.5 Å². The second-order valence-corrected chi connectivity index (χ2v) is 8.45. The molecule has 0 saturated carbocycles. The van der Waals surface area contributed by atoms with Crippen LogP contribution in [-0.4, -0.2) is 41.5 Å². The Bertz CT molecular complexity index is 1080. The summed E-state index contributed by atoms with van der Waals surface area (Å²) in [4.78, 5) is 3.66. The first-order chi connectivity index (χ1) is 14.5. The summed E-state index contributed by atoms with van der Waals surface area (Å²) in [5.41, 5.74) is 9.62. The van der Waals surface area contributed by atoms with E-state index in [2.05, 4.69) is 20.3 Å². The predicted molar refractivity (Wildman–Crippen MR) is 117 cm³/mol. The number of thioether (sulfide) groups is 1. The van der Waals surface area contributed by atoms with E-state index in [1.54, 1.807) is 24.0 Å². The molecule has 0 saturated heterocycles. The third-order valence-corrected chi connectivity index (χ3v) is 5.58. The van der Waals surface area contributed by atoms with Gasteiger partial charge in [0.25, 0.3) is 0 Å². The summed E-state index contributed by atoms with van der Waals surface area (Å²) < 4.78 is 7.63. The molecule has 9 heteroatoms. The van der Waals surface area contributed by atoms with Gasteiger partial charge in [0, 0.05) is 35.8 Å². The van der Waals surface area contributed by atoms with Crippen molar-refractivity contribution in [1.82, 2.24) is 25.0 Å². The SMILES string of the molecule is C[C@](N)(CO)SCn1ccc(-c2ccc(Oc3ccc(-c4ccn[nH]4)cn3)cc2)n1. The van der Waals surface area contributed by atoms with E-state index < -0.39 is 4.87 Å². The molecule has 8 nitrogen and oxygen atoms in total. The van der Waals surface area contributed by atoms with Crippen LogP contribution in [0.3, 0.4) is 0 Å². The number of nitrogens with two attached hydrogens (primary N) is 1. The molecule has 0 aliphatic carbocycles. The average molecular weight is 423 g/mol. The Morgan fingerprint density at radius 2 is 1.93 bits per heavy atom. The molecule has 0 radical (unpaired) electrons. The molecule has 0 aliphatic rings. The van der Waals surface area contributed by atoms with Gasteiger partial charge < -0.3 is 15.6 Å². The van der Waals surface area contributed by atoms with Crippen LogP contribution in [0.15, 0.2) is 67.1 Å². The zero-order valence-corrected chi connectivity index (χ0v) is 17.2. The molecule has 0 bridgehead atoms. The van der Waals surface area contributed by atoms with Crippen molar-refractivity contribution >= 4 is 11.8 Å². The van der Waals surface area contributed by atoms with E-state index in [0.717, 1.165) is 22.5 Å². The standard InChI is InChI=1S/C21H22N6O2S/c1-21(22,13-28)30-14-27-11-9-19(26-27)15-2-5-17(6-3-15)29-20-7-4-16(12-23-20)18-8-10-24-25-18/h2-12,28H,13-14,22H2,1H3,(H,24,25)/t21-/m1/s1. The molecule has 0 amide bonds. The molecule has 4 aromatic rings. The van der Waals surface area contributed by atoms with Gasteiger partial charge in [-0.3, -0.25) is 9.78 Å². The lowest BCUT2D eigenvalue weighted by Gasteiger charge is -2.20. The van der Waals surface area contributed by atoms with Crippen molar-refractivity contribution in [3.63, 3.8) is 0 Å². The van der Waals surface area contributed by atoms with Crippen LogP contribution >= 0.6 is 11.8 Å². The average Bonchev–Trinajstić information content (AvgIpc) is 3.46. The van der Waals surface area contributed by atoms with Crippen LogP contribution in [0.2, 0.25) is 0 Å². The largest absolute Gasteiger partial charge is 0.439 e. The molecular weight excluding hydrogens is 400 g/mol. The molecule has 4 rings (SSSR count). The fraction of sp³-hybridized carbons (Fsp3) is 0.190. The second kappa shape index (κ2) is 8.70. The number of aromatic amines is 1. The highest BCUT2D eigenvalue weighted by atomic mass is 32.2. The highest BCUT2D eigenvalue weighted by Gasteiger charge is 2.17. The summed E-state index contributed by atoms with van der Waals surface area (Å²) >= 11 is 1.44. The van der Waals surface area contributed by atoms with E-state index in [4.69, 9.17) is 10.5 Å². The van der Waals surface area contributed by atoms with Crippen molar-refractivity contribution in [2.24, 2.45) is 5.73 Å². The number of aliphatic hydroxyl groups excluding tert-OH is 1. The summed E-state index contributed by atoms with van der Waals surface area (Å²) in [5, 5.41) is 20.7. The van der Waals surface area contributed by atoms with Gasteiger partial charge in [0.2, 0.25) is 5.88 Å². The van der Waals surface area contributed by atoms with Crippen molar-refractivity contribution in [2.75, 3.05) is 6.61 Å². The van der Waals surface area contributed by atoms with Crippen molar-refractivity contribution in [2.45, 2.75) is 17.7 Å². The zero-order valence-electron chi connectivity index (χ0n) is 16.4. The summed E-state index contributed by atoms with van der Waals surface area (Å²) in [7, 11) is 0. The minimum absolute atomic E-state index is 0.0893. The summed E-state index contributed by atoms with van der Waals surface area (Å²) in [6.07, 6.45) is 5.34. The first-order valence-corrected chi connectivity index (χ1v) is 10.3. The van der Waals surface area contributed by atoms with Crippen LogP contribution in [0.25, 0.3) is 22.5 Å². The van der Waals surface area contributed by atoms with Gasteiger partial charge in [-0.2, -0.15) is 10.2 Å². The molecule has 30 heavy (non-hydrogen) atoms. The maximum atomic E-state index is 9.25. The number of hydrogen-bond donors (Lipinski definition) is 3. The van der Waals surface area contributed by atoms with E-state index in [9.17, 15) is 5.11 Å². The number of aliphatic hydroxyl groups is 1. The Hall–Kier alpha value is -3.14. The fourth-order valence-corrected chi connectivity index (χ4v) is 3.34. The number of nitrogens with one attached hydrogen (secondary N) is 1. The highest BCUT2D eigenvalue weighted by molar-refractivity contribution is 7.99. The fourth-order valence-electron chi connectivity index (χ4n) is 2.68. The molecule has 0 unspecified atom stereocenters. The Morgan fingerprint density at radius 1 is 1.13 bits per heavy atom. The Labute approximate surface area is 178 Å². The minimum Gasteiger partial charge on any atom is -0.439 e. The summed E-state index contributed by atoms with van der Waals surface area (Å²) in [5.74, 6) is 1.77. The first-order valence-electron chi connectivity index (χ1n) is 9.34. The van der Waals surface area contributed by atoms with Crippen molar-refractivity contribution in [1.29, 1.82) is 0 Å². The van der Waals surface area contributed by atoms with Gasteiger partial charge >= 0.3 is 0 Å². The van der Waals surface area contributed by atoms with Gasteiger partial charge in [0.1, 0.15) is 5.75 Å². The normalized spacial score (nSPS) is 13.2. The van der Waals surface area contributed by atoms with Crippen molar-refractivity contribution in [3.8, 4) is 34.1 Å². The number of aromatic nitrogens is 5. The molecule has 1 aromatic carbocycles. The topological polar surface area (TPSA) is 115 Å². The monoisotopic (exact) mass is 422 g/mol. The Morgan fingerprint density at radius 3 is 2.60 bits per heavy atom. The quantitative estimate of drug-likeness (QED) is 0.372. The molecule has 0 aliphatic heterocycles. The lowest BCUT2D eigenvalue weighted by molar-refractivity contribution is 0.259. The van der Waals surface area contributed by atoms with Gasteiger partial charge in [0.15, 0.2) is 0 Å². The third kappa shape index (κ3) is 4.88. The molecular formula is C21H22N6O2S. The number of nitrogens with zero attached hydrogens (tertiary/aromatic N) is 4. The lowest BCUT2D eigenvalue weighted by Crippen LogP contribution is -2.36. The van der Waals surface area contributed by atoms with Crippen LogP contribution in [0.1, 0.15) is 6.92 Å². The predicted octanol–water partition coefficient (Wildman–Crippen LogP) is 3.49. The number of hydrogen-bond acceptors (Lipinski definition) is 7. The van der Waals surface area contributed by atoms with Gasteiger partial charge in [0.05, 0.1) is 28.7 Å². The van der Waals surface area contributed by atoms with Crippen LogP contribution < -0.4 is 10.5 Å². The van der Waals surface area contributed by atoms with E-state index >= 15 is 0 Å². The summed E-state index contributed by atoms with van der Waals surface area (Å²) in [6.45, 7) is 1.70. The van der Waals surface area contributed by atoms with Crippen molar-refractivity contribution < 1.29 is 9.84 Å². The van der Waals surface area contributed by atoms with Gasteiger partial charge in [-0.25, -0.2) is 4.98 Å². The zero-order chi connectivity index (χ0) is 21.0. The van der Waals surface area contributed by atoms with E-state index in [1.165, 1.54) is 11.8 Å². The molecule has 1 atom stereocenters. The maximum absolute atomic E-state index is 9.25. The number of H-pyrrole nitrogens is 1. The molecule has 0 fully saturated rings. The van der Waals surface area contributed by atoms with Crippen molar-refractivity contribution in [3.05, 3.63) is 67.1 Å². The Kier molecular flexibility index (Phi) is 5.84. The number of rotatable bonds is 8. The smallest absolute Gasteiger partial charge is 0.219 e. The van der Waals surface area contributed by atoms with Crippen LogP contribution in [0.5, 0.6) is 11.6 Å². The van der Waals surface area contributed by atoms with E-state index in [1.807, 2.05) is 54.7 Å². The molecule has 3 heterocycles. The molecule has 154 valence electrons. The molecule has 3 aromatic heterocycles. The third-order valence-electron chi connectivity index (χ3n) is 4.40. The van der Waals surface area contributed by atoms with Gasteiger partial charge in [-0.05, 0) is 49.4 Å².